The van der Waals surface area contributed by atoms with Gasteiger partial charge in [0.15, 0.2) is 0 Å². The summed E-state index contributed by atoms with van der Waals surface area (Å²) in [6.45, 7) is 10.0. The fourth-order valence-electron chi connectivity index (χ4n) is 3.42. The number of carbonyl (C=O) groups excluding carboxylic acids is 2. The summed E-state index contributed by atoms with van der Waals surface area (Å²) in [6.07, 6.45) is -1.72. The van der Waals surface area contributed by atoms with Crippen LogP contribution in [-0.4, -0.2) is 23.4 Å². The van der Waals surface area contributed by atoms with Gasteiger partial charge in [-0.1, -0.05) is 6.07 Å². The van der Waals surface area contributed by atoms with Crippen LogP contribution in [0.3, 0.4) is 0 Å². The molecule has 1 N–H and O–H groups in total. The molecule has 11 heteroatoms. The van der Waals surface area contributed by atoms with Gasteiger partial charge in [-0.25, -0.2) is 23.3 Å². The number of benzene rings is 3. The molecule has 0 radical (unpaired) electrons. The van der Waals surface area contributed by atoms with Crippen molar-refractivity contribution in [1.82, 2.24) is 0 Å². The zero-order valence-electron chi connectivity index (χ0n) is 22.8. The van der Waals surface area contributed by atoms with Crippen LogP contribution in [0, 0.1) is 26.5 Å². The predicted octanol–water partition coefficient (Wildman–Crippen LogP) is 8.65. The number of carbonyl (C=O) groups is 2. The summed E-state index contributed by atoms with van der Waals surface area (Å²) in [5.41, 5.74) is -2.15. The van der Waals surface area contributed by atoms with Crippen LogP contribution in [0.5, 0.6) is 11.5 Å². The van der Waals surface area contributed by atoms with Crippen LogP contribution in [0.2, 0.25) is 0 Å². The Morgan fingerprint density at radius 3 is 2.20 bits per heavy atom. The minimum atomic E-state index is -1.02. The molecule has 8 nitrogen and oxygen atoms in total. The van der Waals surface area contributed by atoms with Crippen molar-refractivity contribution < 1.29 is 32.6 Å². The summed E-state index contributed by atoms with van der Waals surface area (Å²) in [5, 5.41) is 12.6. The second-order valence-electron chi connectivity index (χ2n) is 10.6. The fourth-order valence-corrected chi connectivity index (χ4v) is 3.87. The van der Waals surface area contributed by atoms with Crippen LogP contribution >= 0.6 is 22.6 Å². The maximum absolute atomic E-state index is 15.1. The third-order valence-electron chi connectivity index (χ3n) is 4.83. The van der Waals surface area contributed by atoms with Gasteiger partial charge in [-0.15, -0.1) is 0 Å². The van der Waals surface area contributed by atoms with Crippen molar-refractivity contribution in [3.63, 3.8) is 0 Å². The minimum Gasteiger partial charge on any atom is -0.456 e. The number of hydrogen-bond acceptors (Lipinski definition) is 6. The second kappa shape index (κ2) is 12.1. The number of nitrogens with zero attached hydrogens (tertiary/aromatic N) is 2. The summed E-state index contributed by atoms with van der Waals surface area (Å²) in [6, 6.07) is 14.0. The molecule has 0 fully saturated rings. The maximum atomic E-state index is 15.1. The number of amides is 2. The van der Waals surface area contributed by atoms with E-state index in [1.807, 2.05) is 28.7 Å². The Bertz CT molecular complexity index is 1480. The molecular weight excluding hydrogens is 635 g/mol. The molecule has 3 rings (SSSR count). The fraction of sp³-hybridized carbons (Fsp3) is 0.276. The third-order valence-corrected chi connectivity index (χ3v) is 5.50. The van der Waals surface area contributed by atoms with Crippen molar-refractivity contribution in [3.05, 3.63) is 75.4 Å². The summed E-state index contributed by atoms with van der Waals surface area (Å²) in [7, 11) is 0. The molecule has 210 valence electrons. The van der Waals surface area contributed by atoms with Gasteiger partial charge in [0.25, 0.3) is 0 Å². The molecule has 0 aliphatic heterocycles. The Morgan fingerprint density at radius 1 is 0.925 bits per heavy atom. The number of halogens is 3. The topological polar surface area (TPSA) is 101 Å². The lowest BCUT2D eigenvalue weighted by Crippen LogP contribution is -2.34. The van der Waals surface area contributed by atoms with E-state index in [1.165, 1.54) is 24.3 Å². The lowest BCUT2D eigenvalue weighted by molar-refractivity contribution is 0.0595. The molecule has 0 aliphatic rings. The van der Waals surface area contributed by atoms with Gasteiger partial charge in [0.05, 0.1) is 11.4 Å². The monoisotopic (exact) mass is 663 g/mol. The van der Waals surface area contributed by atoms with E-state index in [4.69, 9.17) is 14.2 Å². The SMILES string of the molecule is CC(C)(C)OC(=O)Nc1cccc(Oc2cc(F)cc(N(C(=O)OC(C)(C)C)c3ccc(I)cc3F)c2C#N)c1. The van der Waals surface area contributed by atoms with Crippen molar-refractivity contribution in [3.8, 4) is 17.6 Å². The first kappa shape index (κ1) is 30.6. The van der Waals surface area contributed by atoms with Crippen molar-refractivity contribution in [2.75, 3.05) is 10.2 Å². The highest BCUT2D eigenvalue weighted by Gasteiger charge is 2.31. The Kier molecular flexibility index (Phi) is 9.25. The highest BCUT2D eigenvalue weighted by molar-refractivity contribution is 14.1. The lowest BCUT2D eigenvalue weighted by Gasteiger charge is -2.28. The van der Waals surface area contributed by atoms with E-state index < -0.39 is 35.0 Å². The molecule has 0 aromatic heterocycles. The van der Waals surface area contributed by atoms with Crippen molar-refractivity contribution in [2.45, 2.75) is 52.7 Å². The van der Waals surface area contributed by atoms with Gasteiger partial charge in [-0.3, -0.25) is 5.32 Å². The zero-order chi connectivity index (χ0) is 29.8. The summed E-state index contributed by atoms with van der Waals surface area (Å²) in [5.74, 6) is -1.74. The number of nitrogens with one attached hydrogen (secondary N) is 1. The summed E-state index contributed by atoms with van der Waals surface area (Å²) < 4.78 is 47.2. The van der Waals surface area contributed by atoms with Gasteiger partial charge in [-0.05, 0) is 101 Å². The van der Waals surface area contributed by atoms with Crippen LogP contribution in [0.1, 0.15) is 47.1 Å². The highest BCUT2D eigenvalue weighted by Crippen LogP contribution is 2.39. The molecule has 0 aliphatic carbocycles. The Balaban J connectivity index is 2.07. The molecular formula is C29H28F2IN3O5. The first-order valence-electron chi connectivity index (χ1n) is 12.1. The van der Waals surface area contributed by atoms with Crippen LogP contribution in [0.4, 0.5) is 35.4 Å². The lowest BCUT2D eigenvalue weighted by atomic mass is 10.1. The van der Waals surface area contributed by atoms with E-state index in [1.54, 1.807) is 59.7 Å². The smallest absolute Gasteiger partial charge is 0.419 e. The number of nitriles is 1. The molecule has 0 spiro atoms. The maximum Gasteiger partial charge on any atom is 0.419 e. The van der Waals surface area contributed by atoms with E-state index in [9.17, 15) is 19.2 Å². The minimum absolute atomic E-state index is 0.144. The van der Waals surface area contributed by atoms with E-state index in [2.05, 4.69) is 5.32 Å². The summed E-state index contributed by atoms with van der Waals surface area (Å²) in [4.78, 5) is 26.3. The van der Waals surface area contributed by atoms with Crippen molar-refractivity contribution >= 4 is 51.8 Å². The molecule has 2 amide bonds. The average Bonchev–Trinajstić information content (AvgIpc) is 2.78. The van der Waals surface area contributed by atoms with E-state index >= 15 is 4.39 Å². The summed E-state index contributed by atoms with van der Waals surface area (Å²) >= 11 is 1.91. The van der Waals surface area contributed by atoms with E-state index in [0.29, 0.717) is 9.26 Å². The average molecular weight is 663 g/mol. The standard InChI is InChI=1S/C29H28F2IN3O5/c1-28(2,3)39-26(36)34-19-8-7-9-20(15-19)38-25-13-17(30)12-24(21(25)16-33)35(27(37)40-29(4,5)6)23-11-10-18(32)14-22(23)31/h7-15H,1-6H3,(H,34,36). The Hall–Kier alpha value is -3.92. The molecule has 3 aromatic rings. The largest absolute Gasteiger partial charge is 0.456 e. The van der Waals surface area contributed by atoms with Gasteiger partial charge in [-0.2, -0.15) is 5.26 Å². The molecule has 40 heavy (non-hydrogen) atoms. The molecule has 0 heterocycles. The molecule has 0 saturated carbocycles. The highest BCUT2D eigenvalue weighted by atomic mass is 127. The molecule has 0 saturated heterocycles. The molecule has 0 atom stereocenters. The van der Waals surface area contributed by atoms with E-state index in [0.717, 1.165) is 17.0 Å². The molecule has 0 bridgehead atoms. The number of ether oxygens (including phenoxy) is 3. The van der Waals surface area contributed by atoms with Gasteiger partial charge in [0, 0.05) is 21.4 Å². The number of rotatable bonds is 5. The Labute approximate surface area is 245 Å². The Morgan fingerprint density at radius 2 is 1.60 bits per heavy atom. The molecule has 3 aromatic carbocycles. The first-order chi connectivity index (χ1) is 18.6. The van der Waals surface area contributed by atoms with Crippen molar-refractivity contribution in [2.24, 2.45) is 0 Å². The molecule has 0 unspecified atom stereocenters. The predicted molar refractivity (Wildman–Crippen MR) is 155 cm³/mol. The normalized spacial score (nSPS) is 11.3. The number of anilines is 3. The zero-order valence-corrected chi connectivity index (χ0v) is 24.9. The van der Waals surface area contributed by atoms with Crippen molar-refractivity contribution in [1.29, 1.82) is 5.26 Å². The van der Waals surface area contributed by atoms with Gasteiger partial charge >= 0.3 is 12.2 Å². The van der Waals surface area contributed by atoms with Crippen LogP contribution < -0.4 is 15.0 Å². The van der Waals surface area contributed by atoms with Gasteiger partial charge in [0.2, 0.25) is 0 Å². The first-order valence-corrected chi connectivity index (χ1v) is 13.1. The third kappa shape index (κ3) is 8.29. The number of hydrogen-bond donors (Lipinski definition) is 1. The van der Waals surface area contributed by atoms with E-state index in [-0.39, 0.29) is 28.4 Å². The van der Waals surface area contributed by atoms with Crippen LogP contribution in [-0.2, 0) is 9.47 Å². The van der Waals surface area contributed by atoms with Crippen LogP contribution in [0.15, 0.2) is 54.6 Å². The van der Waals surface area contributed by atoms with Gasteiger partial charge < -0.3 is 14.2 Å². The van der Waals surface area contributed by atoms with Crippen LogP contribution in [0.25, 0.3) is 0 Å². The quantitative estimate of drug-likeness (QED) is 0.274. The van der Waals surface area contributed by atoms with Gasteiger partial charge in [0.1, 0.15) is 46.0 Å². The second-order valence-corrected chi connectivity index (χ2v) is 11.8.